The summed E-state index contributed by atoms with van der Waals surface area (Å²) in [4.78, 5) is 24.7. The van der Waals surface area contributed by atoms with E-state index in [2.05, 4.69) is 10.6 Å². The number of nitrogens with one attached hydrogen (secondary N) is 2. The van der Waals surface area contributed by atoms with Crippen molar-refractivity contribution in [3.05, 3.63) is 29.0 Å². The molecule has 0 radical (unpaired) electrons. The zero-order chi connectivity index (χ0) is 20.5. The number of carbonyl (C=O) groups excluding carboxylic acids is 2. The van der Waals surface area contributed by atoms with Gasteiger partial charge in [-0.2, -0.15) is 0 Å². The Morgan fingerprint density at radius 3 is 2.52 bits per heavy atom. The monoisotopic (exact) mass is 444 g/mol. The van der Waals surface area contributed by atoms with Crippen LogP contribution < -0.4 is 15.4 Å². The summed E-state index contributed by atoms with van der Waals surface area (Å²) < 4.78 is 32.6. The van der Waals surface area contributed by atoms with Crippen molar-refractivity contribution in [3.8, 4) is 5.75 Å². The Labute approximate surface area is 177 Å². The summed E-state index contributed by atoms with van der Waals surface area (Å²) in [6.07, 6.45) is 1.98. The van der Waals surface area contributed by atoms with Crippen LogP contribution in [-0.2, 0) is 9.59 Å². The lowest BCUT2D eigenvalue weighted by atomic mass is 9.73. The van der Waals surface area contributed by atoms with E-state index < -0.39 is 17.2 Å². The second kappa shape index (κ2) is 8.68. The van der Waals surface area contributed by atoms with Crippen molar-refractivity contribution in [2.75, 3.05) is 12.4 Å². The number of hydrogen-bond acceptors (Lipinski definition) is 4. The van der Waals surface area contributed by atoms with Crippen LogP contribution in [0.25, 0.3) is 0 Å². The SMILES string of the molecule is O=C(COc1ccc(Cl)c(F)c1)N[C@H]1CC(NC(=O)C2SCCC2F)C2CCC21. The average molecular weight is 445 g/mol. The van der Waals surface area contributed by atoms with Crippen LogP contribution >= 0.6 is 23.4 Å². The zero-order valence-corrected chi connectivity index (χ0v) is 17.3. The fourth-order valence-electron chi connectivity index (χ4n) is 4.54. The van der Waals surface area contributed by atoms with Gasteiger partial charge in [0.1, 0.15) is 23.0 Å². The second-order valence-electron chi connectivity index (χ2n) is 7.89. The molecule has 2 N–H and O–H groups in total. The van der Waals surface area contributed by atoms with Gasteiger partial charge >= 0.3 is 0 Å². The van der Waals surface area contributed by atoms with Gasteiger partial charge in [0.05, 0.1) is 5.02 Å². The predicted octanol–water partition coefficient (Wildman–Crippen LogP) is 3.10. The summed E-state index contributed by atoms with van der Waals surface area (Å²) in [6.45, 7) is -0.228. The van der Waals surface area contributed by atoms with E-state index in [0.717, 1.165) is 18.9 Å². The molecule has 0 aromatic heterocycles. The van der Waals surface area contributed by atoms with Gasteiger partial charge in [0.15, 0.2) is 6.61 Å². The molecule has 3 aliphatic rings. The van der Waals surface area contributed by atoms with E-state index in [1.165, 1.54) is 23.9 Å². The molecule has 5 nitrogen and oxygen atoms in total. The molecule has 0 bridgehead atoms. The number of thioether (sulfide) groups is 1. The molecule has 158 valence electrons. The maximum absolute atomic E-state index is 13.8. The lowest BCUT2D eigenvalue weighted by Gasteiger charge is -2.36. The van der Waals surface area contributed by atoms with Crippen LogP contribution in [0, 0.1) is 17.7 Å². The highest BCUT2D eigenvalue weighted by atomic mass is 35.5. The van der Waals surface area contributed by atoms with E-state index in [1.807, 2.05) is 0 Å². The first-order chi connectivity index (χ1) is 13.9. The Hall–Kier alpha value is -1.54. The molecule has 2 amide bonds. The largest absolute Gasteiger partial charge is 0.484 e. The number of fused-ring (bicyclic) bond motifs is 1. The first kappa shape index (κ1) is 20.7. The Bertz CT molecular complexity index is 799. The number of alkyl halides is 1. The molecule has 2 saturated carbocycles. The van der Waals surface area contributed by atoms with Gasteiger partial charge in [0, 0.05) is 18.2 Å². The average Bonchev–Trinajstić information content (AvgIpc) is 3.16. The minimum atomic E-state index is -1.08. The van der Waals surface area contributed by atoms with Gasteiger partial charge in [-0.1, -0.05) is 11.6 Å². The Kier molecular flexibility index (Phi) is 6.20. The molecule has 2 aliphatic carbocycles. The van der Waals surface area contributed by atoms with E-state index in [0.29, 0.717) is 30.4 Å². The Morgan fingerprint density at radius 1 is 1.17 bits per heavy atom. The van der Waals surface area contributed by atoms with Crippen LogP contribution in [0.15, 0.2) is 18.2 Å². The van der Waals surface area contributed by atoms with E-state index in [-0.39, 0.29) is 41.3 Å². The molecule has 6 atom stereocenters. The Morgan fingerprint density at radius 2 is 1.90 bits per heavy atom. The maximum atomic E-state index is 13.8. The maximum Gasteiger partial charge on any atom is 0.258 e. The number of carbonyl (C=O) groups is 2. The van der Waals surface area contributed by atoms with Gasteiger partial charge in [0.2, 0.25) is 5.91 Å². The highest BCUT2D eigenvalue weighted by molar-refractivity contribution is 8.00. The number of rotatable bonds is 6. The third-order valence-electron chi connectivity index (χ3n) is 6.14. The van der Waals surface area contributed by atoms with Crippen molar-refractivity contribution in [3.63, 3.8) is 0 Å². The third kappa shape index (κ3) is 4.48. The summed E-state index contributed by atoms with van der Waals surface area (Å²) in [5.74, 6) is 0.414. The lowest BCUT2D eigenvalue weighted by Crippen LogP contribution is -2.46. The molecule has 0 spiro atoms. The van der Waals surface area contributed by atoms with Crippen LogP contribution in [0.2, 0.25) is 5.02 Å². The van der Waals surface area contributed by atoms with E-state index >= 15 is 0 Å². The van der Waals surface area contributed by atoms with Crippen molar-refractivity contribution in [1.82, 2.24) is 10.6 Å². The highest BCUT2D eigenvalue weighted by Gasteiger charge is 2.50. The van der Waals surface area contributed by atoms with Crippen LogP contribution in [0.5, 0.6) is 5.75 Å². The smallest absolute Gasteiger partial charge is 0.258 e. The summed E-state index contributed by atoms with van der Waals surface area (Å²) in [7, 11) is 0. The molecule has 1 aromatic carbocycles. The number of halogens is 3. The van der Waals surface area contributed by atoms with Crippen molar-refractivity contribution in [2.45, 2.75) is 49.2 Å². The van der Waals surface area contributed by atoms with Crippen LogP contribution in [0.3, 0.4) is 0 Å². The molecule has 1 aliphatic heterocycles. The zero-order valence-electron chi connectivity index (χ0n) is 15.7. The van der Waals surface area contributed by atoms with Crippen molar-refractivity contribution >= 4 is 35.2 Å². The van der Waals surface area contributed by atoms with Gasteiger partial charge in [0.25, 0.3) is 5.91 Å². The molecular formula is C20H23ClF2N2O3S. The topological polar surface area (TPSA) is 67.4 Å². The highest BCUT2D eigenvalue weighted by Crippen LogP contribution is 2.47. The minimum Gasteiger partial charge on any atom is -0.484 e. The predicted molar refractivity (Wildman–Crippen MR) is 107 cm³/mol. The molecule has 4 rings (SSSR count). The fourth-order valence-corrected chi connectivity index (χ4v) is 5.84. The molecule has 3 fully saturated rings. The molecule has 1 aromatic rings. The fraction of sp³-hybridized carbons (Fsp3) is 0.600. The quantitative estimate of drug-likeness (QED) is 0.707. The first-order valence-corrected chi connectivity index (χ1v) is 11.3. The lowest BCUT2D eigenvalue weighted by molar-refractivity contribution is -0.124. The van der Waals surface area contributed by atoms with Gasteiger partial charge in [-0.3, -0.25) is 9.59 Å². The summed E-state index contributed by atoms with van der Waals surface area (Å²) in [5.41, 5.74) is 0. The van der Waals surface area contributed by atoms with Crippen LogP contribution in [0.4, 0.5) is 8.78 Å². The Balaban J connectivity index is 1.27. The van der Waals surface area contributed by atoms with E-state index in [1.54, 1.807) is 0 Å². The number of hydrogen-bond donors (Lipinski definition) is 2. The molecule has 1 saturated heterocycles. The van der Waals surface area contributed by atoms with Gasteiger partial charge in [-0.15, -0.1) is 11.8 Å². The summed E-state index contributed by atoms with van der Waals surface area (Å²) in [5, 5.41) is 5.37. The van der Waals surface area contributed by atoms with Crippen molar-refractivity contribution < 1.29 is 23.1 Å². The molecule has 9 heteroatoms. The number of amides is 2. The summed E-state index contributed by atoms with van der Waals surface area (Å²) >= 11 is 7.00. The van der Waals surface area contributed by atoms with Gasteiger partial charge in [-0.25, -0.2) is 8.78 Å². The number of benzene rings is 1. The minimum absolute atomic E-state index is 0.00745. The second-order valence-corrected chi connectivity index (χ2v) is 9.55. The van der Waals surface area contributed by atoms with E-state index in [4.69, 9.17) is 16.3 Å². The van der Waals surface area contributed by atoms with Crippen molar-refractivity contribution in [1.29, 1.82) is 0 Å². The van der Waals surface area contributed by atoms with Gasteiger partial charge in [-0.05, 0) is 55.4 Å². The standard InChI is InChI=1S/C20H23ClF2N2O3S/c21-13-4-1-10(7-15(13)23)28-9-18(26)24-16-8-17(12-3-2-11(12)16)25-20(27)19-14(22)5-6-29-19/h1,4,7,11-12,14,16-17,19H,2-3,5-6,8-9H2,(H,24,26)(H,25,27)/t11?,12?,14?,16-,17?,19?/m0/s1. The normalized spacial score (nSPS) is 32.9. The van der Waals surface area contributed by atoms with Crippen LogP contribution in [-0.4, -0.2) is 47.7 Å². The molecule has 1 heterocycles. The number of ether oxygens (including phenoxy) is 1. The van der Waals surface area contributed by atoms with Gasteiger partial charge < -0.3 is 15.4 Å². The molecule has 5 unspecified atom stereocenters. The summed E-state index contributed by atoms with van der Waals surface area (Å²) in [6, 6.07) is 3.93. The third-order valence-corrected chi connectivity index (χ3v) is 7.78. The molecule has 29 heavy (non-hydrogen) atoms. The first-order valence-electron chi connectivity index (χ1n) is 9.85. The molecular weight excluding hydrogens is 422 g/mol. The van der Waals surface area contributed by atoms with Crippen molar-refractivity contribution in [2.24, 2.45) is 11.8 Å². The van der Waals surface area contributed by atoms with Crippen LogP contribution in [0.1, 0.15) is 25.7 Å². The van der Waals surface area contributed by atoms with E-state index in [9.17, 15) is 18.4 Å².